The number of nitrogens with zero attached hydrogens (tertiary/aromatic N) is 1. The van der Waals surface area contributed by atoms with Crippen molar-refractivity contribution in [2.24, 2.45) is 5.92 Å². The molecular formula is C9H14N2O. The molecule has 0 bridgehead atoms. The summed E-state index contributed by atoms with van der Waals surface area (Å²) in [6.07, 6.45) is 6.22. The molecule has 1 aromatic rings. The Bertz CT molecular complexity index is 229. The molecule has 1 unspecified atom stereocenters. The van der Waals surface area contributed by atoms with E-state index in [4.69, 9.17) is 4.52 Å². The van der Waals surface area contributed by atoms with Gasteiger partial charge in [-0.25, -0.2) is 0 Å². The van der Waals surface area contributed by atoms with Crippen LogP contribution in [0.4, 0.5) is 0 Å². The summed E-state index contributed by atoms with van der Waals surface area (Å²) in [7, 11) is 0. The first kappa shape index (κ1) is 7.80. The Labute approximate surface area is 72.1 Å². The second-order valence-corrected chi connectivity index (χ2v) is 3.54. The quantitative estimate of drug-likeness (QED) is 0.737. The minimum Gasteiger partial charge on any atom is -0.364 e. The van der Waals surface area contributed by atoms with Crippen LogP contribution in [0.15, 0.2) is 17.0 Å². The molecule has 12 heavy (non-hydrogen) atoms. The second-order valence-electron chi connectivity index (χ2n) is 3.54. The lowest BCUT2D eigenvalue weighted by molar-refractivity contribution is 0.417. The Balaban J connectivity index is 1.74. The van der Waals surface area contributed by atoms with Gasteiger partial charge in [0.15, 0.2) is 0 Å². The lowest BCUT2D eigenvalue weighted by Gasteiger charge is -2.10. The lowest BCUT2D eigenvalue weighted by atomic mass is 10.2. The highest BCUT2D eigenvalue weighted by atomic mass is 16.5. The van der Waals surface area contributed by atoms with Crippen molar-refractivity contribution < 1.29 is 4.52 Å². The molecular weight excluding hydrogens is 152 g/mol. The van der Waals surface area contributed by atoms with Gasteiger partial charge >= 0.3 is 0 Å². The molecule has 3 nitrogen and oxygen atoms in total. The molecule has 0 radical (unpaired) electrons. The Morgan fingerprint density at radius 1 is 1.75 bits per heavy atom. The van der Waals surface area contributed by atoms with E-state index >= 15 is 0 Å². The highest BCUT2D eigenvalue weighted by molar-refractivity contribution is 5.00. The molecule has 3 heteroatoms. The van der Waals surface area contributed by atoms with Crippen molar-refractivity contribution in [1.29, 1.82) is 0 Å². The summed E-state index contributed by atoms with van der Waals surface area (Å²) < 4.78 is 4.73. The Morgan fingerprint density at radius 3 is 3.17 bits per heavy atom. The van der Waals surface area contributed by atoms with E-state index in [0.29, 0.717) is 6.04 Å². The monoisotopic (exact) mass is 166 g/mol. The minimum atomic E-state index is 0.639. The molecule has 1 aliphatic carbocycles. The van der Waals surface area contributed by atoms with Crippen LogP contribution in [-0.2, 0) is 6.54 Å². The minimum absolute atomic E-state index is 0.639. The van der Waals surface area contributed by atoms with Crippen molar-refractivity contribution in [2.45, 2.75) is 32.4 Å². The fourth-order valence-electron chi connectivity index (χ4n) is 1.36. The van der Waals surface area contributed by atoms with Gasteiger partial charge in [-0.2, -0.15) is 0 Å². The standard InChI is InChI=1S/C9H14N2O/c1-7(9-2-3-9)10-4-8-5-11-12-6-8/h5-7,9-10H,2-4H2,1H3. The number of aromatic nitrogens is 1. The van der Waals surface area contributed by atoms with Gasteiger partial charge in [-0.3, -0.25) is 0 Å². The highest BCUT2D eigenvalue weighted by Crippen LogP contribution is 2.32. The van der Waals surface area contributed by atoms with Gasteiger partial charge in [-0.05, 0) is 25.7 Å². The average molecular weight is 166 g/mol. The molecule has 0 aliphatic heterocycles. The predicted octanol–water partition coefficient (Wildman–Crippen LogP) is 1.56. The lowest BCUT2D eigenvalue weighted by Crippen LogP contribution is -2.26. The van der Waals surface area contributed by atoms with Gasteiger partial charge in [0.2, 0.25) is 0 Å². The molecule has 0 spiro atoms. The first-order chi connectivity index (χ1) is 5.86. The van der Waals surface area contributed by atoms with Crippen molar-refractivity contribution in [1.82, 2.24) is 10.5 Å². The summed E-state index contributed by atoms with van der Waals surface area (Å²) in [5.74, 6) is 0.907. The molecule has 0 amide bonds. The molecule has 1 heterocycles. The Kier molecular flexibility index (Phi) is 2.13. The van der Waals surface area contributed by atoms with Gasteiger partial charge in [0.1, 0.15) is 6.26 Å². The average Bonchev–Trinajstić information content (AvgIpc) is 2.80. The van der Waals surface area contributed by atoms with Gasteiger partial charge in [-0.1, -0.05) is 5.16 Å². The van der Waals surface area contributed by atoms with Crippen LogP contribution in [0.25, 0.3) is 0 Å². The summed E-state index contributed by atoms with van der Waals surface area (Å²) in [6.45, 7) is 3.12. The molecule has 1 atom stereocenters. The smallest absolute Gasteiger partial charge is 0.128 e. The van der Waals surface area contributed by atoms with Crippen molar-refractivity contribution in [3.8, 4) is 0 Å². The molecule has 1 aliphatic rings. The fraction of sp³-hybridized carbons (Fsp3) is 0.667. The summed E-state index contributed by atoms with van der Waals surface area (Å²) in [5.41, 5.74) is 1.13. The number of hydrogen-bond acceptors (Lipinski definition) is 3. The van der Waals surface area contributed by atoms with Crippen molar-refractivity contribution in [2.75, 3.05) is 0 Å². The van der Waals surface area contributed by atoms with Crippen LogP contribution in [0.1, 0.15) is 25.3 Å². The summed E-state index contributed by atoms with van der Waals surface area (Å²) in [6, 6.07) is 0.639. The van der Waals surface area contributed by atoms with Crippen molar-refractivity contribution in [3.63, 3.8) is 0 Å². The van der Waals surface area contributed by atoms with Crippen LogP contribution in [0.5, 0.6) is 0 Å². The van der Waals surface area contributed by atoms with E-state index in [1.54, 1.807) is 12.5 Å². The first-order valence-electron chi connectivity index (χ1n) is 4.48. The normalized spacial score (nSPS) is 19.4. The third-order valence-corrected chi connectivity index (χ3v) is 2.44. The summed E-state index contributed by atoms with van der Waals surface area (Å²) in [5, 5.41) is 7.09. The topological polar surface area (TPSA) is 38.1 Å². The molecule has 1 aromatic heterocycles. The van der Waals surface area contributed by atoms with Gasteiger partial charge in [0, 0.05) is 18.2 Å². The van der Waals surface area contributed by atoms with E-state index in [1.165, 1.54) is 12.8 Å². The fourth-order valence-corrected chi connectivity index (χ4v) is 1.36. The van der Waals surface area contributed by atoms with Gasteiger partial charge < -0.3 is 9.84 Å². The number of rotatable bonds is 4. The maximum absolute atomic E-state index is 4.73. The molecule has 2 rings (SSSR count). The zero-order valence-electron chi connectivity index (χ0n) is 7.29. The third kappa shape index (κ3) is 1.85. The van der Waals surface area contributed by atoms with Crippen molar-refractivity contribution in [3.05, 3.63) is 18.0 Å². The van der Waals surface area contributed by atoms with E-state index < -0.39 is 0 Å². The Hall–Kier alpha value is -0.830. The second kappa shape index (κ2) is 3.27. The SMILES string of the molecule is CC(NCc1cnoc1)C1CC1. The molecule has 1 fully saturated rings. The summed E-state index contributed by atoms with van der Waals surface area (Å²) in [4.78, 5) is 0. The molecule has 0 saturated heterocycles. The first-order valence-corrected chi connectivity index (χ1v) is 4.48. The van der Waals surface area contributed by atoms with E-state index in [9.17, 15) is 0 Å². The van der Waals surface area contributed by atoms with Crippen LogP contribution in [0, 0.1) is 5.92 Å². The van der Waals surface area contributed by atoms with E-state index in [2.05, 4.69) is 17.4 Å². The maximum Gasteiger partial charge on any atom is 0.128 e. The van der Waals surface area contributed by atoms with E-state index in [1.807, 2.05) is 0 Å². The van der Waals surface area contributed by atoms with Gasteiger partial charge in [0.05, 0.1) is 6.20 Å². The molecule has 0 aromatic carbocycles. The number of nitrogens with one attached hydrogen (secondary N) is 1. The van der Waals surface area contributed by atoms with E-state index in [0.717, 1.165) is 18.0 Å². The zero-order valence-corrected chi connectivity index (χ0v) is 7.29. The largest absolute Gasteiger partial charge is 0.364 e. The van der Waals surface area contributed by atoms with Crippen LogP contribution < -0.4 is 5.32 Å². The van der Waals surface area contributed by atoms with Crippen LogP contribution >= 0.6 is 0 Å². The van der Waals surface area contributed by atoms with Crippen LogP contribution in [0.2, 0.25) is 0 Å². The summed E-state index contributed by atoms with van der Waals surface area (Å²) >= 11 is 0. The molecule has 66 valence electrons. The Morgan fingerprint density at radius 2 is 2.58 bits per heavy atom. The third-order valence-electron chi connectivity index (χ3n) is 2.44. The van der Waals surface area contributed by atoms with Gasteiger partial charge in [0.25, 0.3) is 0 Å². The zero-order chi connectivity index (χ0) is 8.39. The van der Waals surface area contributed by atoms with Crippen LogP contribution in [-0.4, -0.2) is 11.2 Å². The predicted molar refractivity (Wildman–Crippen MR) is 45.5 cm³/mol. The van der Waals surface area contributed by atoms with Crippen molar-refractivity contribution >= 4 is 0 Å². The maximum atomic E-state index is 4.73. The molecule has 1 saturated carbocycles. The van der Waals surface area contributed by atoms with Crippen LogP contribution in [0.3, 0.4) is 0 Å². The number of hydrogen-bond donors (Lipinski definition) is 1. The molecule has 1 N–H and O–H groups in total. The van der Waals surface area contributed by atoms with E-state index in [-0.39, 0.29) is 0 Å². The van der Waals surface area contributed by atoms with Gasteiger partial charge in [-0.15, -0.1) is 0 Å². The highest BCUT2D eigenvalue weighted by Gasteiger charge is 2.27.